The van der Waals surface area contributed by atoms with Gasteiger partial charge < -0.3 is 19.8 Å². The summed E-state index contributed by atoms with van der Waals surface area (Å²) in [5, 5.41) is 5.82. The van der Waals surface area contributed by atoms with Gasteiger partial charge in [0.2, 0.25) is 5.91 Å². The summed E-state index contributed by atoms with van der Waals surface area (Å²) >= 11 is 0. The predicted octanol–water partition coefficient (Wildman–Crippen LogP) is 2.32. The summed E-state index contributed by atoms with van der Waals surface area (Å²) in [6.07, 6.45) is 0. The van der Waals surface area contributed by atoms with E-state index in [1.54, 1.807) is 31.4 Å². The highest BCUT2D eigenvalue weighted by Crippen LogP contribution is 2.14. The van der Waals surface area contributed by atoms with E-state index in [4.69, 9.17) is 9.15 Å². The Morgan fingerprint density at radius 3 is 2.55 bits per heavy atom. The van der Waals surface area contributed by atoms with Gasteiger partial charge in [0.15, 0.2) is 0 Å². The molecule has 0 bridgehead atoms. The number of amides is 1. The van der Waals surface area contributed by atoms with E-state index in [-0.39, 0.29) is 12.5 Å². The van der Waals surface area contributed by atoms with Gasteiger partial charge in [-0.3, -0.25) is 4.79 Å². The van der Waals surface area contributed by atoms with Crippen molar-refractivity contribution in [2.45, 2.75) is 13.5 Å². The minimum Gasteiger partial charge on any atom is -0.497 e. The molecular formula is C15H18N2O3. The van der Waals surface area contributed by atoms with Crippen LogP contribution in [0.5, 0.6) is 5.75 Å². The summed E-state index contributed by atoms with van der Waals surface area (Å²) in [6.45, 7) is 2.65. The zero-order valence-electron chi connectivity index (χ0n) is 11.6. The van der Waals surface area contributed by atoms with Gasteiger partial charge in [0, 0.05) is 5.69 Å². The van der Waals surface area contributed by atoms with Crippen LogP contribution < -0.4 is 15.4 Å². The maximum Gasteiger partial charge on any atom is 0.238 e. The first-order chi connectivity index (χ1) is 9.67. The van der Waals surface area contributed by atoms with E-state index in [9.17, 15) is 4.79 Å². The van der Waals surface area contributed by atoms with Gasteiger partial charge in [-0.25, -0.2) is 0 Å². The summed E-state index contributed by atoms with van der Waals surface area (Å²) in [6, 6.07) is 11.0. The largest absolute Gasteiger partial charge is 0.497 e. The fraction of sp³-hybridized carbons (Fsp3) is 0.267. The second kappa shape index (κ2) is 6.77. The molecule has 0 atom stereocenters. The van der Waals surface area contributed by atoms with E-state index >= 15 is 0 Å². The normalized spacial score (nSPS) is 10.3. The van der Waals surface area contributed by atoms with Crippen molar-refractivity contribution in [2.24, 2.45) is 0 Å². The van der Waals surface area contributed by atoms with Crippen molar-refractivity contribution < 1.29 is 13.9 Å². The number of rotatable bonds is 6. The molecule has 2 N–H and O–H groups in total. The summed E-state index contributed by atoms with van der Waals surface area (Å²) in [4.78, 5) is 11.7. The molecule has 0 aliphatic carbocycles. The number of aryl methyl sites for hydroxylation is 1. The van der Waals surface area contributed by atoms with Crippen molar-refractivity contribution in [1.29, 1.82) is 0 Å². The number of nitrogens with one attached hydrogen (secondary N) is 2. The van der Waals surface area contributed by atoms with Crippen molar-refractivity contribution in [2.75, 3.05) is 19.0 Å². The summed E-state index contributed by atoms with van der Waals surface area (Å²) in [5.74, 6) is 2.34. The van der Waals surface area contributed by atoms with Crippen molar-refractivity contribution in [3.63, 3.8) is 0 Å². The molecule has 5 nitrogen and oxygen atoms in total. The number of furan rings is 1. The predicted molar refractivity (Wildman–Crippen MR) is 76.8 cm³/mol. The molecule has 2 rings (SSSR count). The molecule has 20 heavy (non-hydrogen) atoms. The Bertz CT molecular complexity index is 561. The number of carbonyl (C=O) groups excluding carboxylic acids is 1. The van der Waals surface area contributed by atoms with Crippen LogP contribution in [0.1, 0.15) is 11.5 Å². The lowest BCUT2D eigenvalue weighted by Crippen LogP contribution is -2.27. The van der Waals surface area contributed by atoms with Crippen LogP contribution in [0.15, 0.2) is 40.8 Å². The molecule has 2 aromatic rings. The Kier molecular flexibility index (Phi) is 4.79. The first-order valence-corrected chi connectivity index (χ1v) is 6.37. The Morgan fingerprint density at radius 2 is 1.95 bits per heavy atom. The van der Waals surface area contributed by atoms with Crippen molar-refractivity contribution in [3.05, 3.63) is 47.9 Å². The molecule has 1 aromatic carbocycles. The van der Waals surface area contributed by atoms with Crippen LogP contribution in [0.25, 0.3) is 0 Å². The minimum atomic E-state index is -0.0987. The zero-order valence-corrected chi connectivity index (χ0v) is 11.6. The number of carbonyl (C=O) groups is 1. The number of methoxy groups -OCH3 is 1. The van der Waals surface area contributed by atoms with Crippen LogP contribution in [0.3, 0.4) is 0 Å². The fourth-order valence-electron chi connectivity index (χ4n) is 1.76. The van der Waals surface area contributed by atoms with Crippen molar-refractivity contribution in [1.82, 2.24) is 5.32 Å². The smallest absolute Gasteiger partial charge is 0.238 e. The molecular weight excluding hydrogens is 256 g/mol. The van der Waals surface area contributed by atoms with Gasteiger partial charge in [-0.2, -0.15) is 0 Å². The van der Waals surface area contributed by atoms with E-state index in [0.717, 1.165) is 23.0 Å². The Hall–Kier alpha value is -2.27. The average Bonchev–Trinajstić information content (AvgIpc) is 2.85. The molecule has 0 saturated carbocycles. The molecule has 0 unspecified atom stereocenters. The van der Waals surface area contributed by atoms with E-state index in [1.807, 2.05) is 19.1 Å². The Morgan fingerprint density at radius 1 is 1.20 bits per heavy atom. The Balaban J connectivity index is 1.74. The van der Waals surface area contributed by atoms with Crippen LogP contribution in [-0.2, 0) is 11.3 Å². The van der Waals surface area contributed by atoms with Gasteiger partial charge in [0.25, 0.3) is 0 Å². The number of ether oxygens (including phenoxy) is 1. The van der Waals surface area contributed by atoms with Crippen LogP contribution in [0.4, 0.5) is 5.69 Å². The third kappa shape index (κ3) is 4.13. The van der Waals surface area contributed by atoms with E-state index in [0.29, 0.717) is 6.54 Å². The lowest BCUT2D eigenvalue weighted by molar-refractivity contribution is -0.115. The standard InChI is InChI=1S/C15H18N2O3/c1-11-3-6-14(20-11)9-16-10-15(18)17-12-4-7-13(19-2)8-5-12/h3-8,16H,9-10H2,1-2H3,(H,17,18). The number of hydrogen-bond acceptors (Lipinski definition) is 4. The van der Waals surface area contributed by atoms with Gasteiger partial charge in [-0.05, 0) is 43.3 Å². The number of anilines is 1. The second-order valence-electron chi connectivity index (χ2n) is 4.39. The third-order valence-corrected chi connectivity index (χ3v) is 2.75. The molecule has 0 aliphatic rings. The van der Waals surface area contributed by atoms with Gasteiger partial charge in [-0.1, -0.05) is 0 Å². The highest BCUT2D eigenvalue weighted by atomic mass is 16.5. The first-order valence-electron chi connectivity index (χ1n) is 6.37. The average molecular weight is 274 g/mol. The van der Waals surface area contributed by atoms with Crippen molar-refractivity contribution in [3.8, 4) is 5.75 Å². The van der Waals surface area contributed by atoms with Gasteiger partial charge in [0.1, 0.15) is 17.3 Å². The number of benzene rings is 1. The lowest BCUT2D eigenvalue weighted by atomic mass is 10.3. The van der Waals surface area contributed by atoms with E-state index < -0.39 is 0 Å². The minimum absolute atomic E-state index is 0.0987. The first kappa shape index (κ1) is 14.1. The molecule has 0 radical (unpaired) electrons. The fourth-order valence-corrected chi connectivity index (χ4v) is 1.76. The lowest BCUT2D eigenvalue weighted by Gasteiger charge is -2.06. The molecule has 0 fully saturated rings. The van der Waals surface area contributed by atoms with Crippen molar-refractivity contribution >= 4 is 11.6 Å². The topological polar surface area (TPSA) is 63.5 Å². The molecule has 1 aromatic heterocycles. The second-order valence-corrected chi connectivity index (χ2v) is 4.39. The van der Waals surface area contributed by atoms with Crippen LogP contribution in [-0.4, -0.2) is 19.6 Å². The van der Waals surface area contributed by atoms with Crippen LogP contribution in [0, 0.1) is 6.92 Å². The molecule has 0 saturated heterocycles. The van der Waals surface area contributed by atoms with E-state index in [1.165, 1.54) is 0 Å². The summed E-state index contributed by atoms with van der Waals surface area (Å²) in [5.41, 5.74) is 0.742. The van der Waals surface area contributed by atoms with Crippen LogP contribution in [0.2, 0.25) is 0 Å². The summed E-state index contributed by atoms with van der Waals surface area (Å²) < 4.78 is 10.5. The SMILES string of the molecule is COc1ccc(NC(=O)CNCc2ccc(C)o2)cc1. The highest BCUT2D eigenvalue weighted by Gasteiger charge is 2.03. The van der Waals surface area contributed by atoms with Gasteiger partial charge >= 0.3 is 0 Å². The van der Waals surface area contributed by atoms with Gasteiger partial charge in [0.05, 0.1) is 20.2 Å². The molecule has 1 heterocycles. The third-order valence-electron chi connectivity index (χ3n) is 2.75. The zero-order chi connectivity index (χ0) is 14.4. The maximum atomic E-state index is 11.7. The molecule has 0 aliphatic heterocycles. The number of hydrogen-bond donors (Lipinski definition) is 2. The maximum absolute atomic E-state index is 11.7. The van der Waals surface area contributed by atoms with E-state index in [2.05, 4.69) is 10.6 Å². The molecule has 5 heteroatoms. The quantitative estimate of drug-likeness (QED) is 0.848. The Labute approximate surface area is 117 Å². The van der Waals surface area contributed by atoms with Crippen LogP contribution >= 0.6 is 0 Å². The highest BCUT2D eigenvalue weighted by molar-refractivity contribution is 5.92. The monoisotopic (exact) mass is 274 g/mol. The van der Waals surface area contributed by atoms with Gasteiger partial charge in [-0.15, -0.1) is 0 Å². The molecule has 106 valence electrons. The molecule has 1 amide bonds. The molecule has 0 spiro atoms. The summed E-state index contributed by atoms with van der Waals surface area (Å²) in [7, 11) is 1.61.